The van der Waals surface area contributed by atoms with Gasteiger partial charge in [0.2, 0.25) is 0 Å². The number of amides is 1. The van der Waals surface area contributed by atoms with Crippen molar-refractivity contribution in [3.63, 3.8) is 0 Å². The Hall–Kier alpha value is -3.54. The molecule has 2 heterocycles. The summed E-state index contributed by atoms with van der Waals surface area (Å²) >= 11 is 0. The molecule has 0 bridgehead atoms. The minimum atomic E-state index is 0.0420. The van der Waals surface area contributed by atoms with Gasteiger partial charge in [-0.2, -0.15) is 0 Å². The molecule has 1 atom stereocenters. The Labute approximate surface area is 251 Å². The molecule has 1 saturated carbocycles. The van der Waals surface area contributed by atoms with E-state index in [1.54, 1.807) is 0 Å². The second kappa shape index (κ2) is 13.6. The van der Waals surface area contributed by atoms with Crippen molar-refractivity contribution in [1.29, 1.82) is 0 Å². The lowest BCUT2D eigenvalue weighted by Gasteiger charge is -2.35. The fourth-order valence-electron chi connectivity index (χ4n) is 6.86. The highest BCUT2D eigenvalue weighted by atomic mass is 16.1. The van der Waals surface area contributed by atoms with Gasteiger partial charge < -0.3 is 10.2 Å². The van der Waals surface area contributed by atoms with Crippen LogP contribution in [-0.4, -0.2) is 59.5 Å². The summed E-state index contributed by atoms with van der Waals surface area (Å²) in [6.45, 7) is 8.03. The van der Waals surface area contributed by atoms with E-state index in [1.165, 1.54) is 37.7 Å². The minimum absolute atomic E-state index is 0.0420. The van der Waals surface area contributed by atoms with Crippen LogP contribution in [0.4, 0.5) is 0 Å². The van der Waals surface area contributed by atoms with Gasteiger partial charge in [0.25, 0.3) is 5.91 Å². The number of carbonyl (C=O) groups excluding carboxylic acids is 1. The Morgan fingerprint density at radius 3 is 2.21 bits per heavy atom. The molecule has 3 aromatic carbocycles. The first-order chi connectivity index (χ1) is 20.7. The van der Waals surface area contributed by atoms with E-state index in [1.807, 2.05) is 24.3 Å². The van der Waals surface area contributed by atoms with Crippen LogP contribution < -0.4 is 5.32 Å². The molecule has 2 fully saturated rings. The van der Waals surface area contributed by atoms with Crippen molar-refractivity contribution in [1.82, 2.24) is 20.1 Å². The molecule has 0 spiro atoms. The molecule has 218 valence electrons. The zero-order valence-corrected chi connectivity index (χ0v) is 25.0. The van der Waals surface area contributed by atoms with E-state index in [2.05, 4.69) is 82.7 Å². The third-order valence-corrected chi connectivity index (χ3v) is 9.39. The maximum Gasteiger partial charge on any atom is 0.252 e. The maximum atomic E-state index is 14.3. The summed E-state index contributed by atoms with van der Waals surface area (Å²) in [6.07, 6.45) is 7.34. The number of pyridine rings is 1. The maximum absolute atomic E-state index is 14.3. The lowest BCUT2D eigenvalue weighted by Crippen LogP contribution is -2.46. The number of nitrogens with zero attached hydrogens (tertiary/aromatic N) is 3. The van der Waals surface area contributed by atoms with E-state index in [-0.39, 0.29) is 11.9 Å². The Balaban J connectivity index is 1.28. The standard InChI is InChI=1S/C37H44N4O/c1-28(30-15-7-3-8-16-30)38-37(42)35-32-19-11-12-20-34(32)39-36(31-17-9-4-10-18-31)33(35)27-41-25-23-40(24-26-41)22-21-29-13-5-2-6-14-29/h2,4-6,9-14,17-20,28,30H,3,7-8,15-16,21-27H2,1H3,(H,38,42)/t28-/m0/s1. The topological polar surface area (TPSA) is 48.5 Å². The number of hydrogen-bond acceptors (Lipinski definition) is 4. The van der Waals surface area contributed by atoms with E-state index in [0.717, 1.165) is 79.0 Å². The summed E-state index contributed by atoms with van der Waals surface area (Å²) in [5.41, 5.74) is 6.11. The monoisotopic (exact) mass is 560 g/mol. The Bertz CT molecular complexity index is 1460. The molecule has 5 nitrogen and oxygen atoms in total. The molecule has 1 aromatic heterocycles. The average molecular weight is 561 g/mol. The molecule has 0 unspecified atom stereocenters. The molecule has 42 heavy (non-hydrogen) atoms. The second-order valence-electron chi connectivity index (χ2n) is 12.2. The quantitative estimate of drug-likeness (QED) is 0.240. The number of fused-ring (bicyclic) bond motifs is 1. The van der Waals surface area contributed by atoms with Crippen LogP contribution in [0.25, 0.3) is 22.2 Å². The molecular formula is C37H44N4O. The van der Waals surface area contributed by atoms with E-state index in [4.69, 9.17) is 4.98 Å². The van der Waals surface area contributed by atoms with Crippen molar-refractivity contribution in [3.8, 4) is 11.3 Å². The van der Waals surface area contributed by atoms with Gasteiger partial charge in [0.1, 0.15) is 0 Å². The van der Waals surface area contributed by atoms with Crippen LogP contribution in [0.1, 0.15) is 60.5 Å². The van der Waals surface area contributed by atoms with Gasteiger partial charge in [0.15, 0.2) is 0 Å². The number of piperazine rings is 1. The summed E-state index contributed by atoms with van der Waals surface area (Å²) in [5.74, 6) is 0.595. The van der Waals surface area contributed by atoms with E-state index >= 15 is 0 Å². The third-order valence-electron chi connectivity index (χ3n) is 9.39. The lowest BCUT2D eigenvalue weighted by molar-refractivity contribution is 0.0916. The van der Waals surface area contributed by atoms with Crippen molar-refractivity contribution in [2.45, 2.75) is 58.0 Å². The Kier molecular flexibility index (Phi) is 9.27. The predicted octanol–water partition coefficient (Wildman–Crippen LogP) is 6.96. The van der Waals surface area contributed by atoms with Crippen molar-refractivity contribution < 1.29 is 4.79 Å². The van der Waals surface area contributed by atoms with Crippen molar-refractivity contribution in [2.24, 2.45) is 5.92 Å². The molecular weight excluding hydrogens is 516 g/mol. The first-order valence-corrected chi connectivity index (χ1v) is 15.9. The highest BCUT2D eigenvalue weighted by Crippen LogP contribution is 2.33. The van der Waals surface area contributed by atoms with Crippen LogP contribution in [-0.2, 0) is 13.0 Å². The van der Waals surface area contributed by atoms with E-state index in [9.17, 15) is 4.79 Å². The van der Waals surface area contributed by atoms with E-state index < -0.39 is 0 Å². The second-order valence-corrected chi connectivity index (χ2v) is 12.2. The van der Waals surface area contributed by atoms with E-state index in [0.29, 0.717) is 5.92 Å². The summed E-state index contributed by atoms with van der Waals surface area (Å²) in [5, 5.41) is 4.41. The average Bonchev–Trinajstić information content (AvgIpc) is 3.05. The third kappa shape index (κ3) is 6.74. The number of rotatable bonds is 9. The highest BCUT2D eigenvalue weighted by Gasteiger charge is 2.28. The molecule has 4 aromatic rings. The number of benzene rings is 3. The predicted molar refractivity (Wildman–Crippen MR) is 173 cm³/mol. The van der Waals surface area contributed by atoms with Crippen LogP contribution in [0.3, 0.4) is 0 Å². The molecule has 6 rings (SSSR count). The van der Waals surface area contributed by atoms with Crippen molar-refractivity contribution >= 4 is 16.8 Å². The molecule has 1 N–H and O–H groups in total. The number of hydrogen-bond donors (Lipinski definition) is 1. The Morgan fingerprint density at radius 2 is 1.48 bits per heavy atom. The zero-order chi connectivity index (χ0) is 28.7. The number of nitrogens with one attached hydrogen (secondary N) is 1. The van der Waals surface area contributed by atoms with Crippen LogP contribution in [0, 0.1) is 5.92 Å². The van der Waals surface area contributed by atoms with Gasteiger partial charge >= 0.3 is 0 Å². The molecule has 1 aliphatic heterocycles. The fraction of sp³-hybridized carbons (Fsp3) is 0.405. The molecule has 1 saturated heterocycles. The molecule has 1 amide bonds. The summed E-state index contributed by atoms with van der Waals surface area (Å²) < 4.78 is 0. The number of carbonyl (C=O) groups is 1. The van der Waals surface area contributed by atoms with Gasteiger partial charge in [-0.25, -0.2) is 4.98 Å². The number of aromatic nitrogens is 1. The molecule has 2 aliphatic rings. The van der Waals surface area contributed by atoms with Gasteiger partial charge in [-0.15, -0.1) is 0 Å². The van der Waals surface area contributed by atoms with Crippen LogP contribution in [0.15, 0.2) is 84.9 Å². The fourth-order valence-corrected chi connectivity index (χ4v) is 6.86. The SMILES string of the molecule is C[C@H](NC(=O)c1c(CN2CCN(CCc3ccccc3)CC2)c(-c2ccccc2)nc2ccccc12)C1CCCCC1. The summed E-state index contributed by atoms with van der Waals surface area (Å²) in [7, 11) is 0. The van der Waals surface area contributed by atoms with Crippen molar-refractivity contribution in [3.05, 3.63) is 102 Å². The summed E-state index contributed by atoms with van der Waals surface area (Å²) in [4.78, 5) is 24.5. The van der Waals surface area contributed by atoms with Gasteiger partial charge in [-0.3, -0.25) is 9.69 Å². The van der Waals surface area contributed by atoms with Gasteiger partial charge in [0, 0.05) is 61.8 Å². The lowest BCUT2D eigenvalue weighted by atomic mass is 9.84. The highest BCUT2D eigenvalue weighted by molar-refractivity contribution is 6.09. The first kappa shape index (κ1) is 28.6. The van der Waals surface area contributed by atoms with Crippen LogP contribution in [0.2, 0.25) is 0 Å². The minimum Gasteiger partial charge on any atom is -0.349 e. The van der Waals surface area contributed by atoms with Gasteiger partial charge in [0.05, 0.1) is 16.8 Å². The number of para-hydroxylation sites is 1. The normalized spacial score (nSPS) is 17.7. The first-order valence-electron chi connectivity index (χ1n) is 15.9. The van der Waals surface area contributed by atoms with Crippen molar-refractivity contribution in [2.75, 3.05) is 32.7 Å². The molecule has 1 aliphatic carbocycles. The smallest absolute Gasteiger partial charge is 0.252 e. The zero-order valence-electron chi connectivity index (χ0n) is 25.0. The molecule has 5 heteroatoms. The van der Waals surface area contributed by atoms with Gasteiger partial charge in [-0.05, 0) is 43.7 Å². The summed E-state index contributed by atoms with van der Waals surface area (Å²) in [6, 6.07) is 29.5. The largest absolute Gasteiger partial charge is 0.349 e. The van der Waals surface area contributed by atoms with Crippen LogP contribution in [0.5, 0.6) is 0 Å². The molecule has 0 radical (unpaired) electrons. The Morgan fingerprint density at radius 1 is 0.833 bits per heavy atom. The van der Waals surface area contributed by atoms with Gasteiger partial charge in [-0.1, -0.05) is 98.1 Å². The van der Waals surface area contributed by atoms with Crippen LogP contribution >= 0.6 is 0 Å².